The van der Waals surface area contributed by atoms with E-state index in [9.17, 15) is 15.0 Å². The van der Waals surface area contributed by atoms with Gasteiger partial charge in [-0.05, 0) is 56.8 Å². The molecule has 1 aliphatic carbocycles. The van der Waals surface area contributed by atoms with Crippen molar-refractivity contribution in [3.05, 3.63) is 12.2 Å². The Morgan fingerprint density at radius 3 is 2.39 bits per heavy atom. The zero-order valence-corrected chi connectivity index (χ0v) is 19.3. The summed E-state index contributed by atoms with van der Waals surface area (Å²) in [7, 11) is 0. The Balaban J connectivity index is 1.85. The van der Waals surface area contributed by atoms with Gasteiger partial charge >= 0.3 is 5.97 Å². The standard InChI is InChI=1S/C25H44O6/c1-2-3-4-7-10-15-25(30-17-11-18-31-25)16-14-21-20(22(26)19-23(21)27)12-8-5-6-9-13-24(28)29/h5,8,20-23,26-27H,2-4,6-7,9-19H2,1H3,(H,28,29)/t20-,21-,22?,23-/m1/s1. The second kappa shape index (κ2) is 14.2. The number of aliphatic hydroxyl groups is 2. The van der Waals surface area contributed by atoms with E-state index in [0.29, 0.717) is 19.3 Å². The zero-order valence-electron chi connectivity index (χ0n) is 19.3. The Hall–Kier alpha value is -0.950. The maximum absolute atomic E-state index is 10.6. The van der Waals surface area contributed by atoms with E-state index in [1.165, 1.54) is 25.7 Å². The van der Waals surface area contributed by atoms with E-state index in [2.05, 4.69) is 6.92 Å². The molecule has 0 amide bonds. The van der Waals surface area contributed by atoms with Gasteiger partial charge in [-0.2, -0.15) is 0 Å². The van der Waals surface area contributed by atoms with Crippen molar-refractivity contribution in [2.45, 2.75) is 115 Å². The number of ether oxygens (including phenoxy) is 2. The van der Waals surface area contributed by atoms with Crippen molar-refractivity contribution >= 4 is 5.97 Å². The third-order valence-corrected chi connectivity index (χ3v) is 6.90. The second-order valence-electron chi connectivity index (χ2n) is 9.36. The maximum atomic E-state index is 10.6. The van der Waals surface area contributed by atoms with Crippen LogP contribution < -0.4 is 0 Å². The minimum atomic E-state index is -0.769. The maximum Gasteiger partial charge on any atom is 0.303 e. The summed E-state index contributed by atoms with van der Waals surface area (Å²) in [5.74, 6) is -1.25. The zero-order chi connectivity index (χ0) is 22.5. The number of aliphatic hydroxyl groups excluding tert-OH is 2. The molecule has 0 spiro atoms. The number of carboxylic acids is 1. The van der Waals surface area contributed by atoms with Gasteiger partial charge in [-0.3, -0.25) is 4.79 Å². The SMILES string of the molecule is CCCCCCCC1(CC[C@H]2[C@H](O)CC(O)[C@@H]2CC=CCCCC(=O)O)OCCCO1. The van der Waals surface area contributed by atoms with Crippen LogP contribution in [0.15, 0.2) is 12.2 Å². The molecule has 6 heteroatoms. The fraction of sp³-hybridized carbons (Fsp3) is 0.880. The van der Waals surface area contributed by atoms with Crippen LogP contribution in [0.4, 0.5) is 0 Å². The molecular weight excluding hydrogens is 396 g/mol. The molecule has 31 heavy (non-hydrogen) atoms. The highest BCUT2D eigenvalue weighted by atomic mass is 16.7. The summed E-state index contributed by atoms with van der Waals surface area (Å²) >= 11 is 0. The van der Waals surface area contributed by atoms with Gasteiger partial charge < -0.3 is 24.8 Å². The molecule has 4 atom stereocenters. The molecule has 0 aromatic rings. The van der Waals surface area contributed by atoms with Crippen LogP contribution in [-0.2, 0) is 14.3 Å². The average molecular weight is 441 g/mol. The van der Waals surface area contributed by atoms with Crippen LogP contribution >= 0.6 is 0 Å². The van der Waals surface area contributed by atoms with Crippen LogP contribution in [0.2, 0.25) is 0 Å². The Morgan fingerprint density at radius 2 is 1.68 bits per heavy atom. The van der Waals surface area contributed by atoms with Gasteiger partial charge in [0.2, 0.25) is 0 Å². The fourth-order valence-electron chi connectivity index (χ4n) is 5.06. The minimum Gasteiger partial charge on any atom is -0.481 e. The van der Waals surface area contributed by atoms with Crippen LogP contribution in [-0.4, -0.2) is 52.5 Å². The topological polar surface area (TPSA) is 96.2 Å². The first-order chi connectivity index (χ1) is 15.0. The number of unbranched alkanes of at least 4 members (excludes halogenated alkanes) is 5. The van der Waals surface area contributed by atoms with Crippen molar-refractivity contribution < 1.29 is 29.6 Å². The van der Waals surface area contributed by atoms with Gasteiger partial charge in [-0.15, -0.1) is 0 Å². The highest BCUT2D eigenvalue weighted by molar-refractivity contribution is 5.66. The molecule has 3 N–H and O–H groups in total. The predicted octanol–water partition coefficient (Wildman–Crippen LogP) is 4.82. The van der Waals surface area contributed by atoms with E-state index in [4.69, 9.17) is 14.6 Å². The lowest BCUT2D eigenvalue weighted by molar-refractivity contribution is -0.276. The summed E-state index contributed by atoms with van der Waals surface area (Å²) < 4.78 is 12.3. The van der Waals surface area contributed by atoms with E-state index in [1.54, 1.807) is 0 Å². The Bertz CT molecular complexity index is 528. The first-order valence-electron chi connectivity index (χ1n) is 12.5. The van der Waals surface area contributed by atoms with Gasteiger partial charge in [0.25, 0.3) is 0 Å². The molecule has 6 nitrogen and oxygen atoms in total. The number of hydrogen-bond donors (Lipinski definition) is 3. The molecule has 0 aromatic heterocycles. The lowest BCUT2D eigenvalue weighted by Gasteiger charge is -2.39. The van der Waals surface area contributed by atoms with E-state index >= 15 is 0 Å². The normalized spacial score (nSPS) is 28.4. The van der Waals surface area contributed by atoms with Crippen molar-refractivity contribution in [2.75, 3.05) is 13.2 Å². The largest absolute Gasteiger partial charge is 0.481 e. The van der Waals surface area contributed by atoms with Gasteiger partial charge in [-0.25, -0.2) is 0 Å². The van der Waals surface area contributed by atoms with E-state index in [-0.39, 0.29) is 18.3 Å². The molecule has 1 saturated carbocycles. The average Bonchev–Trinajstić information content (AvgIpc) is 3.02. The second-order valence-corrected chi connectivity index (χ2v) is 9.36. The number of aliphatic carboxylic acids is 1. The number of carboxylic acid groups (broad SMARTS) is 1. The summed E-state index contributed by atoms with van der Waals surface area (Å²) in [5, 5.41) is 29.8. The van der Waals surface area contributed by atoms with Crippen LogP contribution in [0.3, 0.4) is 0 Å². The first kappa shape index (κ1) is 26.3. The van der Waals surface area contributed by atoms with E-state index < -0.39 is 24.0 Å². The van der Waals surface area contributed by atoms with Crippen molar-refractivity contribution in [1.29, 1.82) is 0 Å². The van der Waals surface area contributed by atoms with Crippen molar-refractivity contribution in [2.24, 2.45) is 11.8 Å². The van der Waals surface area contributed by atoms with Gasteiger partial charge in [0.1, 0.15) is 0 Å². The molecule has 180 valence electrons. The summed E-state index contributed by atoms with van der Waals surface area (Å²) in [5.41, 5.74) is 0. The summed E-state index contributed by atoms with van der Waals surface area (Å²) in [4.78, 5) is 10.6. The minimum absolute atomic E-state index is 0.0240. The third kappa shape index (κ3) is 9.21. The summed E-state index contributed by atoms with van der Waals surface area (Å²) in [6.07, 6.45) is 15.1. The molecule has 2 rings (SSSR count). The molecular formula is C25H44O6. The Labute approximate surface area is 188 Å². The van der Waals surface area contributed by atoms with E-state index in [0.717, 1.165) is 51.7 Å². The van der Waals surface area contributed by atoms with Gasteiger partial charge in [0.15, 0.2) is 5.79 Å². The van der Waals surface area contributed by atoms with Crippen molar-refractivity contribution in [3.63, 3.8) is 0 Å². The molecule has 2 aliphatic rings. The molecule has 1 heterocycles. The molecule has 0 radical (unpaired) electrons. The summed E-state index contributed by atoms with van der Waals surface area (Å²) in [6.45, 7) is 3.68. The van der Waals surface area contributed by atoms with Crippen molar-refractivity contribution in [3.8, 4) is 0 Å². The molecule has 1 aliphatic heterocycles. The molecule has 0 aromatic carbocycles. The van der Waals surface area contributed by atoms with Gasteiger partial charge in [0.05, 0.1) is 25.4 Å². The molecule has 1 unspecified atom stereocenters. The quantitative estimate of drug-likeness (QED) is 0.250. The molecule has 1 saturated heterocycles. The van der Waals surface area contributed by atoms with Gasteiger partial charge in [-0.1, -0.05) is 44.8 Å². The number of allylic oxidation sites excluding steroid dienone is 2. The first-order valence-corrected chi connectivity index (χ1v) is 12.5. The Kier molecular flexibility index (Phi) is 12.1. The van der Waals surface area contributed by atoms with Gasteiger partial charge in [0, 0.05) is 19.3 Å². The molecule has 2 fully saturated rings. The highest BCUT2D eigenvalue weighted by Gasteiger charge is 2.43. The fourth-order valence-corrected chi connectivity index (χ4v) is 5.06. The lowest BCUT2D eigenvalue weighted by atomic mass is 9.84. The van der Waals surface area contributed by atoms with Crippen molar-refractivity contribution in [1.82, 2.24) is 0 Å². The van der Waals surface area contributed by atoms with Crippen LogP contribution in [0.25, 0.3) is 0 Å². The number of rotatable bonds is 15. The van der Waals surface area contributed by atoms with Crippen LogP contribution in [0.1, 0.15) is 96.8 Å². The number of carbonyl (C=O) groups is 1. The third-order valence-electron chi connectivity index (χ3n) is 6.90. The lowest BCUT2D eigenvalue weighted by Crippen LogP contribution is -2.41. The monoisotopic (exact) mass is 440 g/mol. The predicted molar refractivity (Wildman–Crippen MR) is 121 cm³/mol. The number of hydrogen-bond acceptors (Lipinski definition) is 5. The summed E-state index contributed by atoms with van der Waals surface area (Å²) in [6, 6.07) is 0. The smallest absolute Gasteiger partial charge is 0.303 e. The highest BCUT2D eigenvalue weighted by Crippen LogP contribution is 2.41. The molecule has 0 bridgehead atoms. The Morgan fingerprint density at radius 1 is 0.968 bits per heavy atom. The van der Waals surface area contributed by atoms with Crippen LogP contribution in [0.5, 0.6) is 0 Å². The van der Waals surface area contributed by atoms with Crippen LogP contribution in [0, 0.1) is 11.8 Å². The van der Waals surface area contributed by atoms with E-state index in [1.807, 2.05) is 12.2 Å².